The molecule has 0 saturated carbocycles. The van der Waals surface area contributed by atoms with E-state index in [0.29, 0.717) is 0 Å². The second kappa shape index (κ2) is 4.07. The van der Waals surface area contributed by atoms with Gasteiger partial charge in [-0.05, 0) is 6.07 Å². The molecular weight excluding hydrogens is 212 g/mol. The first-order chi connectivity index (χ1) is 7.72. The highest BCUT2D eigenvalue weighted by Gasteiger charge is 2.15. The van der Waals surface area contributed by atoms with Gasteiger partial charge in [0, 0.05) is 18.6 Å². The third-order valence-electron chi connectivity index (χ3n) is 1.93. The van der Waals surface area contributed by atoms with Crippen LogP contribution in [0.25, 0.3) is 5.95 Å². The summed E-state index contributed by atoms with van der Waals surface area (Å²) in [5.74, 6) is -0.893. The number of hydrogen-bond acceptors (Lipinski definition) is 5. The Bertz CT molecular complexity index is 509. The fourth-order valence-electron chi connectivity index (χ4n) is 1.22. The predicted octanol–water partition coefficient (Wildman–Crippen LogP) is -0.147. The van der Waals surface area contributed by atoms with E-state index in [1.807, 2.05) is 0 Å². The molecule has 0 aliphatic carbocycles. The van der Waals surface area contributed by atoms with Crippen LogP contribution in [0.2, 0.25) is 0 Å². The Kier molecular flexibility index (Phi) is 2.61. The van der Waals surface area contributed by atoms with Gasteiger partial charge in [0.1, 0.15) is 11.3 Å². The summed E-state index contributed by atoms with van der Waals surface area (Å²) in [6.45, 7) is -0.443. The first kappa shape index (κ1) is 10.2. The number of aromatic nitrogens is 4. The maximum atomic E-state index is 10.8. The summed E-state index contributed by atoms with van der Waals surface area (Å²) in [6, 6.07) is 1.64. The normalized spacial score (nSPS) is 10.3. The average Bonchev–Trinajstić information content (AvgIpc) is 2.74. The highest BCUT2D eigenvalue weighted by Crippen LogP contribution is 2.09. The molecule has 0 aromatic carbocycles. The Morgan fingerprint density at radius 2 is 2.06 bits per heavy atom. The number of aromatic carboxylic acids is 1. The molecule has 0 amide bonds. The number of nitrogens with zero attached hydrogens (tertiary/aromatic N) is 4. The summed E-state index contributed by atoms with van der Waals surface area (Å²) in [6.07, 6.45) is 4.30. The van der Waals surface area contributed by atoms with Crippen molar-refractivity contribution in [2.24, 2.45) is 0 Å². The SMILES string of the molecule is O=C(O)c1cn(-c2ncccn2)nc1CO. The number of carboxylic acid groups (broad SMARTS) is 1. The van der Waals surface area contributed by atoms with Gasteiger partial charge in [-0.3, -0.25) is 0 Å². The molecule has 0 atom stereocenters. The minimum Gasteiger partial charge on any atom is -0.478 e. The molecule has 2 aromatic heterocycles. The molecule has 7 nitrogen and oxygen atoms in total. The molecule has 82 valence electrons. The molecule has 0 aliphatic heterocycles. The Balaban J connectivity index is 2.48. The molecule has 2 heterocycles. The van der Waals surface area contributed by atoms with E-state index in [1.165, 1.54) is 23.3 Å². The lowest BCUT2D eigenvalue weighted by Gasteiger charge is -1.95. The zero-order valence-corrected chi connectivity index (χ0v) is 8.11. The van der Waals surface area contributed by atoms with Gasteiger partial charge in [0.2, 0.25) is 5.95 Å². The second-order valence-electron chi connectivity index (χ2n) is 2.95. The van der Waals surface area contributed by atoms with Gasteiger partial charge in [-0.15, -0.1) is 0 Å². The van der Waals surface area contributed by atoms with Crippen LogP contribution >= 0.6 is 0 Å². The number of rotatable bonds is 3. The number of aliphatic hydroxyl groups is 1. The van der Waals surface area contributed by atoms with Gasteiger partial charge >= 0.3 is 5.97 Å². The maximum Gasteiger partial charge on any atom is 0.339 e. The summed E-state index contributed by atoms with van der Waals surface area (Å²) in [5.41, 5.74) is 0.0231. The van der Waals surface area contributed by atoms with Crippen LogP contribution in [0.15, 0.2) is 24.7 Å². The van der Waals surface area contributed by atoms with Crippen molar-refractivity contribution in [3.05, 3.63) is 35.9 Å². The lowest BCUT2D eigenvalue weighted by molar-refractivity contribution is 0.0693. The molecule has 0 radical (unpaired) electrons. The van der Waals surface area contributed by atoms with Gasteiger partial charge in [0.25, 0.3) is 0 Å². The van der Waals surface area contributed by atoms with E-state index in [2.05, 4.69) is 15.1 Å². The van der Waals surface area contributed by atoms with Crippen LogP contribution in [0.5, 0.6) is 0 Å². The van der Waals surface area contributed by atoms with Crippen LogP contribution in [0.3, 0.4) is 0 Å². The first-order valence-electron chi connectivity index (χ1n) is 4.42. The highest BCUT2D eigenvalue weighted by molar-refractivity contribution is 5.88. The lowest BCUT2D eigenvalue weighted by Crippen LogP contribution is -2.01. The van der Waals surface area contributed by atoms with E-state index >= 15 is 0 Å². The van der Waals surface area contributed by atoms with Crippen LogP contribution in [0, 0.1) is 0 Å². The van der Waals surface area contributed by atoms with Crippen molar-refractivity contribution in [1.29, 1.82) is 0 Å². The van der Waals surface area contributed by atoms with Crippen molar-refractivity contribution in [3.63, 3.8) is 0 Å². The average molecular weight is 220 g/mol. The van der Waals surface area contributed by atoms with Crippen LogP contribution in [-0.4, -0.2) is 35.9 Å². The lowest BCUT2D eigenvalue weighted by atomic mass is 10.2. The Morgan fingerprint density at radius 3 is 2.56 bits per heavy atom. The number of carboxylic acids is 1. The van der Waals surface area contributed by atoms with Gasteiger partial charge < -0.3 is 10.2 Å². The van der Waals surface area contributed by atoms with Crippen molar-refractivity contribution < 1.29 is 15.0 Å². The fourth-order valence-corrected chi connectivity index (χ4v) is 1.22. The van der Waals surface area contributed by atoms with E-state index in [1.54, 1.807) is 6.07 Å². The molecule has 16 heavy (non-hydrogen) atoms. The second-order valence-corrected chi connectivity index (χ2v) is 2.95. The van der Waals surface area contributed by atoms with Gasteiger partial charge in [-0.25, -0.2) is 19.4 Å². The zero-order chi connectivity index (χ0) is 11.5. The van der Waals surface area contributed by atoms with Gasteiger partial charge in [-0.2, -0.15) is 5.10 Å². The third-order valence-corrected chi connectivity index (χ3v) is 1.93. The number of hydrogen-bond donors (Lipinski definition) is 2. The third kappa shape index (κ3) is 1.75. The van der Waals surface area contributed by atoms with E-state index in [0.717, 1.165) is 0 Å². The minimum absolute atomic E-state index is 0.0602. The molecular formula is C9H8N4O3. The number of carbonyl (C=O) groups is 1. The van der Waals surface area contributed by atoms with E-state index in [4.69, 9.17) is 10.2 Å². The minimum atomic E-state index is -1.15. The predicted molar refractivity (Wildman–Crippen MR) is 52.0 cm³/mol. The molecule has 7 heteroatoms. The molecule has 0 aliphatic rings. The van der Waals surface area contributed by atoms with E-state index < -0.39 is 12.6 Å². The van der Waals surface area contributed by atoms with Crippen molar-refractivity contribution in [2.75, 3.05) is 0 Å². The van der Waals surface area contributed by atoms with Gasteiger partial charge in [0.05, 0.1) is 6.61 Å². The number of aliphatic hydroxyl groups excluding tert-OH is 1. The summed E-state index contributed by atoms with van der Waals surface area (Å²) < 4.78 is 1.22. The summed E-state index contributed by atoms with van der Waals surface area (Å²) in [7, 11) is 0. The van der Waals surface area contributed by atoms with Crippen molar-refractivity contribution >= 4 is 5.97 Å². The maximum absolute atomic E-state index is 10.8. The molecule has 0 saturated heterocycles. The summed E-state index contributed by atoms with van der Waals surface area (Å²) in [4.78, 5) is 18.6. The zero-order valence-electron chi connectivity index (χ0n) is 8.11. The quantitative estimate of drug-likeness (QED) is 0.746. The molecule has 0 unspecified atom stereocenters. The standard InChI is InChI=1S/C9H8N4O3/c14-5-7-6(8(15)16)4-13(12-7)9-10-2-1-3-11-9/h1-4,14H,5H2,(H,15,16). The van der Waals surface area contributed by atoms with Crippen LogP contribution in [0.4, 0.5) is 0 Å². The fraction of sp³-hybridized carbons (Fsp3) is 0.111. The molecule has 0 fully saturated rings. The highest BCUT2D eigenvalue weighted by atomic mass is 16.4. The van der Waals surface area contributed by atoms with Gasteiger partial charge in [-0.1, -0.05) is 0 Å². The Labute approximate surface area is 90.0 Å². The van der Waals surface area contributed by atoms with E-state index in [-0.39, 0.29) is 17.2 Å². The van der Waals surface area contributed by atoms with Crippen LogP contribution < -0.4 is 0 Å². The first-order valence-corrected chi connectivity index (χ1v) is 4.42. The summed E-state index contributed by atoms with van der Waals surface area (Å²) in [5, 5.41) is 21.7. The molecule has 2 N–H and O–H groups in total. The van der Waals surface area contributed by atoms with Crippen molar-refractivity contribution in [3.8, 4) is 5.95 Å². The smallest absolute Gasteiger partial charge is 0.339 e. The Hall–Kier alpha value is -2.28. The topological polar surface area (TPSA) is 101 Å². The Morgan fingerprint density at radius 1 is 1.38 bits per heavy atom. The van der Waals surface area contributed by atoms with Crippen molar-refractivity contribution in [2.45, 2.75) is 6.61 Å². The van der Waals surface area contributed by atoms with Crippen LogP contribution in [0.1, 0.15) is 16.1 Å². The largest absolute Gasteiger partial charge is 0.478 e. The van der Waals surface area contributed by atoms with Crippen LogP contribution in [-0.2, 0) is 6.61 Å². The van der Waals surface area contributed by atoms with Gasteiger partial charge in [0.15, 0.2) is 0 Å². The molecule has 2 rings (SSSR count). The van der Waals surface area contributed by atoms with Crippen molar-refractivity contribution in [1.82, 2.24) is 19.7 Å². The molecule has 0 spiro atoms. The molecule has 0 bridgehead atoms. The monoisotopic (exact) mass is 220 g/mol. The summed E-state index contributed by atoms with van der Waals surface area (Å²) >= 11 is 0. The molecule has 2 aromatic rings. The van der Waals surface area contributed by atoms with E-state index in [9.17, 15) is 4.79 Å².